The van der Waals surface area contributed by atoms with Gasteiger partial charge in [-0.3, -0.25) is 0 Å². The lowest BCUT2D eigenvalue weighted by Gasteiger charge is -2.03. The van der Waals surface area contributed by atoms with Crippen LogP contribution < -0.4 is 10.9 Å². The normalized spacial score (nSPS) is 10.2. The molecule has 0 heterocycles. The molecule has 0 amide bonds. The van der Waals surface area contributed by atoms with E-state index in [2.05, 4.69) is 0 Å². The molecule has 0 spiro atoms. The Kier molecular flexibility index (Phi) is 3.80. The van der Waals surface area contributed by atoms with Crippen molar-refractivity contribution >= 4 is 53.0 Å². The summed E-state index contributed by atoms with van der Waals surface area (Å²) in [5, 5.41) is 2.00. The third kappa shape index (κ3) is 2.94. The first-order valence-corrected chi connectivity index (χ1v) is 5.84. The van der Waals surface area contributed by atoms with Crippen molar-refractivity contribution < 1.29 is 0 Å². The van der Waals surface area contributed by atoms with Crippen LogP contribution in [0.2, 0.25) is 15.1 Å². The van der Waals surface area contributed by atoms with Gasteiger partial charge in [-0.05, 0) is 24.3 Å². The second-order valence-electron chi connectivity index (χ2n) is 3.36. The summed E-state index contributed by atoms with van der Waals surface area (Å²) in [6, 6.07) is 13.0. The lowest BCUT2D eigenvalue weighted by molar-refractivity contribution is 1.74. The van der Waals surface area contributed by atoms with Crippen molar-refractivity contribution in [3.63, 3.8) is 0 Å². The van der Waals surface area contributed by atoms with Crippen LogP contribution in [0.15, 0.2) is 42.5 Å². The summed E-state index contributed by atoms with van der Waals surface area (Å²) in [6.07, 6.45) is 0. The van der Waals surface area contributed by atoms with Gasteiger partial charge in [0, 0.05) is 15.1 Å². The minimum atomic E-state index is 0.637. The number of hydrogen-bond donors (Lipinski definition) is 0. The molecule has 0 aliphatic rings. The molecule has 16 heavy (non-hydrogen) atoms. The van der Waals surface area contributed by atoms with Gasteiger partial charge in [0.05, 0.1) is 0 Å². The Morgan fingerprint density at radius 3 is 2.00 bits per heavy atom. The molecule has 0 unspecified atom stereocenters. The summed E-state index contributed by atoms with van der Waals surface area (Å²) in [6.45, 7) is 0. The van der Waals surface area contributed by atoms with Gasteiger partial charge in [-0.2, -0.15) is 0 Å². The van der Waals surface area contributed by atoms with Gasteiger partial charge in [0.2, 0.25) is 0 Å². The fourth-order valence-electron chi connectivity index (χ4n) is 1.36. The molecule has 1 radical (unpaired) electrons. The second-order valence-corrected chi connectivity index (χ2v) is 4.64. The Morgan fingerprint density at radius 1 is 0.750 bits per heavy atom. The lowest BCUT2D eigenvalue weighted by atomic mass is 9.64. The smallest absolute Gasteiger partial charge is 0.0849 e. The van der Waals surface area contributed by atoms with E-state index in [4.69, 9.17) is 34.8 Å². The quantitative estimate of drug-likeness (QED) is 0.733. The Morgan fingerprint density at radius 2 is 1.38 bits per heavy atom. The minimum absolute atomic E-state index is 0.637. The maximum absolute atomic E-state index is 6.07. The maximum atomic E-state index is 6.07. The predicted molar refractivity (Wildman–Crippen MR) is 72.9 cm³/mol. The molecule has 0 aliphatic carbocycles. The highest BCUT2D eigenvalue weighted by atomic mass is 35.5. The van der Waals surface area contributed by atoms with E-state index >= 15 is 0 Å². The summed E-state index contributed by atoms with van der Waals surface area (Å²) in [5.41, 5.74) is 1.99. The average molecular weight is 268 g/mol. The van der Waals surface area contributed by atoms with Crippen molar-refractivity contribution in [3.8, 4) is 0 Å². The topological polar surface area (TPSA) is 0 Å². The van der Waals surface area contributed by atoms with Crippen LogP contribution in [0.5, 0.6) is 0 Å². The Labute approximate surface area is 110 Å². The van der Waals surface area contributed by atoms with Gasteiger partial charge in [-0.15, -0.1) is 0 Å². The highest BCUT2D eigenvalue weighted by molar-refractivity contribution is 6.70. The third-order valence-electron chi connectivity index (χ3n) is 2.15. The lowest BCUT2D eigenvalue weighted by Crippen LogP contribution is -2.27. The van der Waals surface area contributed by atoms with Crippen molar-refractivity contribution in [3.05, 3.63) is 57.5 Å². The van der Waals surface area contributed by atoms with Crippen molar-refractivity contribution in [1.82, 2.24) is 0 Å². The molecular weight excluding hydrogens is 261 g/mol. The van der Waals surface area contributed by atoms with Gasteiger partial charge >= 0.3 is 0 Å². The van der Waals surface area contributed by atoms with Crippen molar-refractivity contribution in [2.75, 3.05) is 0 Å². The number of hydrogen-bond acceptors (Lipinski definition) is 0. The van der Waals surface area contributed by atoms with Crippen LogP contribution in [0.4, 0.5) is 0 Å². The van der Waals surface area contributed by atoms with Gasteiger partial charge < -0.3 is 0 Å². The van der Waals surface area contributed by atoms with E-state index in [0.717, 1.165) is 15.9 Å². The molecule has 0 fully saturated rings. The Hall–Kier alpha value is -0.625. The van der Waals surface area contributed by atoms with Crippen molar-refractivity contribution in [2.45, 2.75) is 0 Å². The second kappa shape index (κ2) is 5.14. The minimum Gasteiger partial charge on any atom is -0.0849 e. The molecule has 0 bridgehead atoms. The summed E-state index contributed by atoms with van der Waals surface area (Å²) >= 11 is 17.7. The summed E-state index contributed by atoms with van der Waals surface area (Å²) in [4.78, 5) is 0. The molecule has 4 heteroatoms. The molecule has 0 saturated carbocycles. The van der Waals surface area contributed by atoms with Crippen LogP contribution in [0.1, 0.15) is 0 Å². The zero-order valence-corrected chi connectivity index (χ0v) is 10.5. The Balaban J connectivity index is 2.23. The maximum Gasteiger partial charge on any atom is 0.193 e. The zero-order chi connectivity index (χ0) is 11.5. The van der Waals surface area contributed by atoms with E-state index in [1.165, 1.54) is 0 Å². The van der Waals surface area contributed by atoms with E-state index in [-0.39, 0.29) is 0 Å². The van der Waals surface area contributed by atoms with Crippen LogP contribution in [0.3, 0.4) is 0 Å². The van der Waals surface area contributed by atoms with Crippen LogP contribution in [-0.4, -0.2) is 7.28 Å². The first kappa shape index (κ1) is 11.8. The van der Waals surface area contributed by atoms with E-state index in [9.17, 15) is 0 Å². The fraction of sp³-hybridized carbons (Fsp3) is 0. The summed E-state index contributed by atoms with van der Waals surface area (Å²) < 4.78 is 0. The van der Waals surface area contributed by atoms with E-state index in [0.29, 0.717) is 10.0 Å². The fourth-order valence-corrected chi connectivity index (χ4v) is 1.95. The van der Waals surface area contributed by atoms with Gasteiger partial charge in [0.25, 0.3) is 0 Å². The van der Waals surface area contributed by atoms with Crippen molar-refractivity contribution in [2.24, 2.45) is 0 Å². The number of benzene rings is 2. The highest BCUT2D eigenvalue weighted by Crippen LogP contribution is 2.13. The molecule has 79 valence electrons. The first-order chi connectivity index (χ1) is 7.65. The molecule has 2 aromatic carbocycles. The van der Waals surface area contributed by atoms with Gasteiger partial charge in [0.1, 0.15) is 0 Å². The molecule has 0 atom stereocenters. The molecule has 0 saturated heterocycles. The average Bonchev–Trinajstić information content (AvgIpc) is 2.25. The number of rotatable bonds is 2. The highest BCUT2D eigenvalue weighted by Gasteiger charge is 2.04. The predicted octanol–water partition coefficient (Wildman–Crippen LogP) is 3.30. The molecular formula is C12H7BCl3. The van der Waals surface area contributed by atoms with Gasteiger partial charge in [-0.1, -0.05) is 63.9 Å². The van der Waals surface area contributed by atoms with Gasteiger partial charge in [-0.25, -0.2) is 0 Å². The third-order valence-corrected chi connectivity index (χ3v) is 2.97. The van der Waals surface area contributed by atoms with Crippen LogP contribution in [0, 0.1) is 0 Å². The molecule has 0 aromatic heterocycles. The molecule has 2 aromatic rings. The molecule has 2 rings (SSSR count). The summed E-state index contributed by atoms with van der Waals surface area (Å²) in [7, 11) is 1.98. The monoisotopic (exact) mass is 267 g/mol. The van der Waals surface area contributed by atoms with E-state index < -0.39 is 0 Å². The number of halogens is 3. The van der Waals surface area contributed by atoms with E-state index in [1.807, 2.05) is 43.7 Å². The summed E-state index contributed by atoms with van der Waals surface area (Å²) in [5.74, 6) is 0. The van der Waals surface area contributed by atoms with Crippen LogP contribution in [-0.2, 0) is 0 Å². The largest absolute Gasteiger partial charge is 0.193 e. The standard InChI is InChI=1S/C12H7BCl3/c14-9-3-1-8(2-4-9)13-11-6-5-10(15)7-12(11)16/h1-7H. The first-order valence-electron chi connectivity index (χ1n) is 4.70. The zero-order valence-electron chi connectivity index (χ0n) is 8.25. The SMILES string of the molecule is Clc1ccc([B]c2ccc(Cl)cc2Cl)cc1. The van der Waals surface area contributed by atoms with E-state index in [1.54, 1.807) is 6.07 Å². The molecule has 0 aliphatic heterocycles. The molecule has 0 nitrogen and oxygen atoms in total. The van der Waals surface area contributed by atoms with Crippen LogP contribution in [0.25, 0.3) is 0 Å². The molecule has 0 N–H and O–H groups in total. The van der Waals surface area contributed by atoms with Crippen LogP contribution >= 0.6 is 34.8 Å². The van der Waals surface area contributed by atoms with Gasteiger partial charge in [0.15, 0.2) is 7.28 Å². The van der Waals surface area contributed by atoms with Crippen molar-refractivity contribution in [1.29, 1.82) is 0 Å². The Bertz CT molecular complexity index is 494.